The third-order valence-corrected chi connectivity index (χ3v) is 8.55. The van der Waals surface area contributed by atoms with E-state index in [0.717, 1.165) is 56.3 Å². The van der Waals surface area contributed by atoms with Gasteiger partial charge in [0.25, 0.3) is 0 Å². The van der Waals surface area contributed by atoms with Crippen LogP contribution in [-0.4, -0.2) is 0 Å². The average Bonchev–Trinajstić information content (AvgIpc) is 3.25. The lowest BCUT2D eigenvalue weighted by Crippen LogP contribution is -2.33. The van der Waals surface area contributed by atoms with E-state index in [2.05, 4.69) is 101 Å². The summed E-state index contributed by atoms with van der Waals surface area (Å²) in [6, 6.07) is 23.7. The van der Waals surface area contributed by atoms with Gasteiger partial charge >= 0.3 is 0 Å². The highest BCUT2D eigenvalue weighted by Gasteiger charge is 2.37. The maximum Gasteiger partial charge on any atom is 0.216 e. The Morgan fingerprint density at radius 3 is 2.32 bits per heavy atom. The molecule has 0 unspecified atom stereocenters. The van der Waals surface area contributed by atoms with E-state index in [4.69, 9.17) is 4.42 Å². The normalized spacial score (nSPS) is 16.0. The van der Waals surface area contributed by atoms with Crippen LogP contribution in [0.5, 0.6) is 0 Å². The van der Waals surface area contributed by atoms with Crippen molar-refractivity contribution < 1.29 is 8.98 Å². The number of fused-ring (bicyclic) bond motifs is 4. The van der Waals surface area contributed by atoms with Gasteiger partial charge < -0.3 is 4.42 Å². The number of furan rings is 1. The zero-order chi connectivity index (χ0) is 26.1. The summed E-state index contributed by atoms with van der Waals surface area (Å²) in [7, 11) is 2.06. The van der Waals surface area contributed by atoms with Crippen LogP contribution in [0, 0.1) is 18.3 Å². The van der Waals surface area contributed by atoms with Crippen molar-refractivity contribution >= 4 is 21.9 Å². The molecule has 184 valence electrons. The second kappa shape index (κ2) is 8.05. The summed E-state index contributed by atoms with van der Waals surface area (Å²) in [5.74, 6) is 0. The van der Waals surface area contributed by atoms with Gasteiger partial charge in [-0.3, -0.25) is 0 Å². The van der Waals surface area contributed by atoms with Gasteiger partial charge in [0.2, 0.25) is 5.69 Å². The van der Waals surface area contributed by atoms with Gasteiger partial charge in [0.1, 0.15) is 18.2 Å². The molecule has 0 N–H and O–H groups in total. The summed E-state index contributed by atoms with van der Waals surface area (Å²) < 4.78 is 8.90. The molecule has 0 aliphatic heterocycles. The first-order valence-corrected chi connectivity index (χ1v) is 13.1. The molecule has 3 heteroatoms. The van der Waals surface area contributed by atoms with Crippen LogP contribution in [-0.2, 0) is 17.9 Å². The quantitative estimate of drug-likeness (QED) is 0.236. The van der Waals surface area contributed by atoms with Crippen LogP contribution in [0.3, 0.4) is 0 Å². The van der Waals surface area contributed by atoms with E-state index >= 15 is 0 Å². The molecule has 5 aromatic rings. The molecule has 0 amide bonds. The average molecular weight is 486 g/mol. The van der Waals surface area contributed by atoms with Crippen molar-refractivity contribution in [2.24, 2.45) is 7.05 Å². The van der Waals surface area contributed by atoms with Crippen LogP contribution >= 0.6 is 0 Å². The Bertz CT molecular complexity index is 1760. The summed E-state index contributed by atoms with van der Waals surface area (Å²) in [5.41, 5.74) is 10.9. The number of hydrogen-bond acceptors (Lipinski definition) is 2. The summed E-state index contributed by atoms with van der Waals surface area (Å²) >= 11 is 0. The highest BCUT2D eigenvalue weighted by molar-refractivity contribution is 6.13. The minimum atomic E-state index is 0.104. The van der Waals surface area contributed by atoms with E-state index in [1.54, 1.807) is 0 Å². The molecule has 3 aromatic carbocycles. The van der Waals surface area contributed by atoms with E-state index in [1.165, 1.54) is 17.5 Å². The maximum atomic E-state index is 9.95. The van der Waals surface area contributed by atoms with Gasteiger partial charge in [-0.2, -0.15) is 5.26 Å². The fourth-order valence-electron chi connectivity index (χ4n) is 6.18. The molecule has 0 saturated heterocycles. The highest BCUT2D eigenvalue weighted by Crippen LogP contribution is 2.48. The Morgan fingerprint density at radius 2 is 1.59 bits per heavy atom. The topological polar surface area (TPSA) is 40.8 Å². The van der Waals surface area contributed by atoms with E-state index in [9.17, 15) is 5.26 Å². The van der Waals surface area contributed by atoms with Crippen LogP contribution in [0.1, 0.15) is 62.8 Å². The van der Waals surface area contributed by atoms with E-state index in [-0.39, 0.29) is 10.8 Å². The second-order valence-corrected chi connectivity index (χ2v) is 12.0. The summed E-state index contributed by atoms with van der Waals surface area (Å²) in [5, 5.41) is 12.0. The van der Waals surface area contributed by atoms with Gasteiger partial charge in [0, 0.05) is 28.5 Å². The standard InChI is InChI=1S/C34H33N2O/c1-21-10-12-24-26-18-22(20-35)17-25(31(26)37-32(24)30(21)29-9-7-8-16-36(29)6)23-11-13-27-28(19-23)34(4,5)15-14-33(27,2)3/h7-13,16-19H,14-15H2,1-6H3/q+1. The maximum absolute atomic E-state index is 9.95. The minimum Gasteiger partial charge on any atom is -0.454 e. The van der Waals surface area contributed by atoms with Crippen molar-refractivity contribution in [1.82, 2.24) is 0 Å². The summed E-state index contributed by atoms with van der Waals surface area (Å²) in [6.07, 6.45) is 4.40. The number of aryl methyl sites for hydroxylation is 2. The molecule has 0 bridgehead atoms. The van der Waals surface area contributed by atoms with E-state index in [1.807, 2.05) is 18.2 Å². The second-order valence-electron chi connectivity index (χ2n) is 12.0. The molecule has 1 aliphatic rings. The van der Waals surface area contributed by atoms with Gasteiger partial charge in [-0.1, -0.05) is 58.0 Å². The molecular weight excluding hydrogens is 452 g/mol. The molecule has 0 atom stereocenters. The number of nitrogens with zero attached hydrogens (tertiary/aromatic N) is 2. The van der Waals surface area contributed by atoms with Crippen molar-refractivity contribution in [3.63, 3.8) is 0 Å². The number of rotatable bonds is 2. The number of hydrogen-bond donors (Lipinski definition) is 0. The molecule has 0 spiro atoms. The Morgan fingerprint density at radius 1 is 0.838 bits per heavy atom. The third kappa shape index (κ3) is 3.58. The van der Waals surface area contributed by atoms with Crippen LogP contribution in [0.15, 0.2) is 71.3 Å². The lowest BCUT2D eigenvalue weighted by atomic mass is 9.63. The number of pyridine rings is 1. The van der Waals surface area contributed by atoms with Crippen molar-refractivity contribution in [3.05, 3.63) is 89.1 Å². The first kappa shape index (κ1) is 23.5. The van der Waals surface area contributed by atoms with Crippen molar-refractivity contribution in [2.45, 2.75) is 58.3 Å². The largest absolute Gasteiger partial charge is 0.454 e. The molecule has 2 aromatic heterocycles. The van der Waals surface area contributed by atoms with Gasteiger partial charge in [0.05, 0.1) is 17.2 Å². The molecule has 0 radical (unpaired) electrons. The van der Waals surface area contributed by atoms with Gasteiger partial charge in [0.15, 0.2) is 6.20 Å². The zero-order valence-electron chi connectivity index (χ0n) is 22.6. The molecule has 0 fully saturated rings. The van der Waals surface area contributed by atoms with Crippen molar-refractivity contribution in [2.75, 3.05) is 0 Å². The van der Waals surface area contributed by atoms with Crippen molar-refractivity contribution in [1.29, 1.82) is 5.26 Å². The molecule has 2 heterocycles. The van der Waals surface area contributed by atoms with Crippen LogP contribution in [0.25, 0.3) is 44.3 Å². The zero-order valence-corrected chi connectivity index (χ0v) is 22.6. The van der Waals surface area contributed by atoms with Crippen LogP contribution in [0.4, 0.5) is 0 Å². The lowest BCUT2D eigenvalue weighted by Gasteiger charge is -2.42. The molecule has 3 nitrogen and oxygen atoms in total. The van der Waals surface area contributed by atoms with Crippen LogP contribution in [0.2, 0.25) is 0 Å². The first-order valence-electron chi connectivity index (χ1n) is 13.1. The molecule has 37 heavy (non-hydrogen) atoms. The Labute approximate surface area is 219 Å². The summed E-state index contributed by atoms with van der Waals surface area (Å²) in [4.78, 5) is 0. The molecule has 1 aliphatic carbocycles. The smallest absolute Gasteiger partial charge is 0.216 e. The van der Waals surface area contributed by atoms with Gasteiger partial charge in [-0.15, -0.1) is 0 Å². The predicted octanol–water partition coefficient (Wildman–Crippen LogP) is 8.27. The predicted molar refractivity (Wildman–Crippen MR) is 151 cm³/mol. The number of benzene rings is 3. The highest BCUT2D eigenvalue weighted by atomic mass is 16.3. The molecule has 6 rings (SSSR count). The van der Waals surface area contributed by atoms with Crippen molar-refractivity contribution in [3.8, 4) is 28.5 Å². The van der Waals surface area contributed by atoms with E-state index in [0.29, 0.717) is 5.56 Å². The monoisotopic (exact) mass is 485 g/mol. The number of nitriles is 1. The summed E-state index contributed by atoms with van der Waals surface area (Å²) in [6.45, 7) is 11.5. The number of aromatic nitrogens is 1. The van der Waals surface area contributed by atoms with Gasteiger partial charge in [-0.05, 0) is 71.0 Å². The fraction of sp³-hybridized carbons (Fsp3) is 0.294. The van der Waals surface area contributed by atoms with E-state index < -0.39 is 0 Å². The lowest BCUT2D eigenvalue weighted by molar-refractivity contribution is -0.660. The molecule has 0 saturated carbocycles. The third-order valence-electron chi connectivity index (χ3n) is 8.55. The fourth-order valence-corrected chi connectivity index (χ4v) is 6.18. The van der Waals surface area contributed by atoms with Crippen LogP contribution < -0.4 is 4.57 Å². The SMILES string of the molecule is Cc1ccc2c(oc3c(-c4ccc5c(c4)C(C)(C)CCC5(C)C)cc(C#N)cc32)c1-c1cccc[n+]1C. The minimum absolute atomic E-state index is 0.104. The Hall–Kier alpha value is -3.90. The Kier molecular flexibility index (Phi) is 5.11. The Balaban J connectivity index is 1.67. The first-order chi connectivity index (χ1) is 17.6. The molecular formula is C34H33N2O+. The van der Waals surface area contributed by atoms with Gasteiger partial charge in [-0.25, -0.2) is 4.57 Å².